The molecule has 1 amide bonds. The van der Waals surface area contributed by atoms with Crippen LogP contribution in [-0.4, -0.2) is 36.7 Å². The van der Waals surface area contributed by atoms with Crippen LogP contribution in [0.1, 0.15) is 43.3 Å². The SMILES string of the molecule is COc1cc2nc(CNC(=O)C3(OC(=O)CC(C)(C)C)Cc4ccccc4C3)sc2cc1OC. The van der Waals surface area contributed by atoms with Crippen molar-refractivity contribution in [1.29, 1.82) is 0 Å². The van der Waals surface area contributed by atoms with Crippen LogP contribution < -0.4 is 14.8 Å². The smallest absolute Gasteiger partial charge is 0.307 e. The van der Waals surface area contributed by atoms with Crippen LogP contribution in [0.4, 0.5) is 0 Å². The second-order valence-electron chi connectivity index (χ2n) is 9.79. The second-order valence-corrected chi connectivity index (χ2v) is 10.9. The Hall–Kier alpha value is -3.13. The van der Waals surface area contributed by atoms with Gasteiger partial charge in [-0.2, -0.15) is 0 Å². The van der Waals surface area contributed by atoms with Gasteiger partial charge in [0.05, 0.1) is 37.4 Å². The third kappa shape index (κ3) is 5.01. The quantitative estimate of drug-likeness (QED) is 0.501. The first-order valence-electron chi connectivity index (χ1n) is 11.2. The van der Waals surface area contributed by atoms with Crippen LogP contribution in [0.3, 0.4) is 0 Å². The molecule has 0 fully saturated rings. The molecule has 0 unspecified atom stereocenters. The summed E-state index contributed by atoms with van der Waals surface area (Å²) in [5.74, 6) is 0.557. The first-order valence-corrected chi connectivity index (χ1v) is 12.0. The van der Waals surface area contributed by atoms with E-state index in [1.54, 1.807) is 14.2 Å². The minimum atomic E-state index is -1.25. The van der Waals surface area contributed by atoms with E-state index in [2.05, 4.69) is 10.3 Å². The van der Waals surface area contributed by atoms with Gasteiger partial charge in [0, 0.05) is 25.0 Å². The zero-order valence-electron chi connectivity index (χ0n) is 20.2. The van der Waals surface area contributed by atoms with Gasteiger partial charge in [0.2, 0.25) is 0 Å². The molecular formula is C26H30N2O5S. The Morgan fingerprint density at radius 2 is 1.68 bits per heavy atom. The van der Waals surface area contributed by atoms with E-state index in [9.17, 15) is 9.59 Å². The Labute approximate surface area is 203 Å². The van der Waals surface area contributed by atoms with Crippen molar-refractivity contribution in [1.82, 2.24) is 10.3 Å². The minimum Gasteiger partial charge on any atom is -0.493 e. The summed E-state index contributed by atoms with van der Waals surface area (Å²) in [5.41, 5.74) is 1.34. The standard InChI is InChI=1S/C26H30N2O5S/c1-25(2,3)14-23(29)33-26(12-16-8-6-7-9-17(16)13-26)24(30)27-15-22-28-18-10-19(31-4)20(32-5)11-21(18)34-22/h6-11H,12-15H2,1-5H3,(H,27,30). The van der Waals surface area contributed by atoms with Crippen molar-refractivity contribution in [2.75, 3.05) is 14.2 Å². The number of amides is 1. The molecule has 0 atom stereocenters. The summed E-state index contributed by atoms with van der Waals surface area (Å²) in [6.07, 6.45) is 0.957. The number of rotatable bonds is 7. The molecule has 1 aliphatic rings. The molecule has 2 aromatic carbocycles. The molecule has 34 heavy (non-hydrogen) atoms. The van der Waals surface area contributed by atoms with E-state index in [0.717, 1.165) is 26.4 Å². The lowest BCUT2D eigenvalue weighted by molar-refractivity contribution is -0.169. The highest BCUT2D eigenvalue weighted by Gasteiger charge is 2.47. The van der Waals surface area contributed by atoms with Crippen LogP contribution in [0.2, 0.25) is 0 Å². The van der Waals surface area contributed by atoms with E-state index in [1.165, 1.54) is 11.3 Å². The number of ether oxygens (including phenoxy) is 3. The molecule has 0 spiro atoms. The molecule has 0 bridgehead atoms. The lowest BCUT2D eigenvalue weighted by Gasteiger charge is -2.29. The number of aromatic nitrogens is 1. The van der Waals surface area contributed by atoms with Gasteiger partial charge in [-0.3, -0.25) is 9.59 Å². The zero-order chi connectivity index (χ0) is 24.5. The van der Waals surface area contributed by atoms with E-state index >= 15 is 0 Å². The summed E-state index contributed by atoms with van der Waals surface area (Å²) < 4.78 is 17.6. The Morgan fingerprint density at radius 3 is 2.26 bits per heavy atom. The van der Waals surface area contributed by atoms with Crippen LogP contribution in [0.15, 0.2) is 36.4 Å². The van der Waals surface area contributed by atoms with E-state index in [4.69, 9.17) is 14.2 Å². The van der Waals surface area contributed by atoms with Crippen molar-refractivity contribution in [2.45, 2.75) is 52.2 Å². The molecule has 180 valence electrons. The molecule has 0 radical (unpaired) electrons. The number of nitrogens with one attached hydrogen (secondary N) is 1. The van der Waals surface area contributed by atoms with Gasteiger partial charge in [-0.15, -0.1) is 11.3 Å². The fraction of sp³-hybridized carbons (Fsp3) is 0.423. The maximum atomic E-state index is 13.5. The third-order valence-electron chi connectivity index (χ3n) is 5.81. The van der Waals surface area contributed by atoms with Crippen molar-refractivity contribution >= 4 is 33.4 Å². The topological polar surface area (TPSA) is 86.8 Å². The van der Waals surface area contributed by atoms with Gasteiger partial charge in [-0.05, 0) is 16.5 Å². The summed E-state index contributed by atoms with van der Waals surface area (Å²) in [6.45, 7) is 6.16. The predicted octanol–water partition coefficient (Wildman–Crippen LogP) is 4.45. The average Bonchev–Trinajstić information content (AvgIpc) is 3.35. The van der Waals surface area contributed by atoms with Crippen molar-refractivity contribution in [2.24, 2.45) is 5.41 Å². The summed E-state index contributed by atoms with van der Waals surface area (Å²) >= 11 is 1.47. The first kappa shape index (κ1) is 24.0. The molecule has 0 aliphatic heterocycles. The number of hydrogen-bond donors (Lipinski definition) is 1. The summed E-state index contributed by atoms with van der Waals surface area (Å²) in [6, 6.07) is 11.5. The van der Waals surface area contributed by atoms with Gasteiger partial charge in [0.25, 0.3) is 5.91 Å². The molecule has 0 saturated heterocycles. The van der Waals surface area contributed by atoms with Crippen molar-refractivity contribution in [3.8, 4) is 11.5 Å². The fourth-order valence-electron chi connectivity index (χ4n) is 4.24. The lowest BCUT2D eigenvalue weighted by atomic mass is 9.92. The van der Waals surface area contributed by atoms with Gasteiger partial charge in [-0.1, -0.05) is 45.0 Å². The second kappa shape index (κ2) is 9.25. The van der Waals surface area contributed by atoms with E-state index < -0.39 is 5.60 Å². The molecular weight excluding hydrogens is 452 g/mol. The van der Waals surface area contributed by atoms with Crippen LogP contribution in [0.25, 0.3) is 10.2 Å². The number of benzene rings is 2. The van der Waals surface area contributed by atoms with Crippen molar-refractivity contribution < 1.29 is 23.8 Å². The number of thiazole rings is 1. The number of esters is 1. The largest absolute Gasteiger partial charge is 0.493 e. The first-order chi connectivity index (χ1) is 16.1. The molecule has 0 saturated carbocycles. The number of carbonyl (C=O) groups is 2. The molecule has 7 nitrogen and oxygen atoms in total. The van der Waals surface area contributed by atoms with Crippen LogP contribution in [0, 0.1) is 5.41 Å². The van der Waals surface area contributed by atoms with E-state index in [1.807, 2.05) is 57.2 Å². The number of methoxy groups -OCH3 is 2. The van der Waals surface area contributed by atoms with Crippen molar-refractivity contribution in [3.05, 3.63) is 52.5 Å². The Morgan fingerprint density at radius 1 is 1.06 bits per heavy atom. The van der Waals surface area contributed by atoms with Crippen LogP contribution >= 0.6 is 11.3 Å². The summed E-state index contributed by atoms with van der Waals surface area (Å²) in [5, 5.41) is 3.71. The molecule has 1 aromatic heterocycles. The van der Waals surface area contributed by atoms with E-state index in [-0.39, 0.29) is 30.3 Å². The maximum Gasteiger partial charge on any atom is 0.307 e. The number of carbonyl (C=O) groups excluding carboxylic acids is 2. The molecule has 1 heterocycles. The summed E-state index contributed by atoms with van der Waals surface area (Å²) in [7, 11) is 3.17. The minimum absolute atomic E-state index is 0.233. The van der Waals surface area contributed by atoms with Crippen LogP contribution in [-0.2, 0) is 33.7 Å². The zero-order valence-corrected chi connectivity index (χ0v) is 21.0. The monoisotopic (exact) mass is 482 g/mol. The van der Waals surface area contributed by atoms with Gasteiger partial charge in [-0.25, -0.2) is 4.98 Å². The number of hydrogen-bond acceptors (Lipinski definition) is 7. The summed E-state index contributed by atoms with van der Waals surface area (Å²) in [4.78, 5) is 30.9. The number of nitrogens with zero attached hydrogens (tertiary/aromatic N) is 1. The number of fused-ring (bicyclic) bond motifs is 2. The van der Waals surface area contributed by atoms with Gasteiger partial charge in [0.1, 0.15) is 5.01 Å². The van der Waals surface area contributed by atoms with Gasteiger partial charge < -0.3 is 19.5 Å². The third-order valence-corrected chi connectivity index (χ3v) is 6.82. The predicted molar refractivity (Wildman–Crippen MR) is 131 cm³/mol. The highest BCUT2D eigenvalue weighted by molar-refractivity contribution is 7.18. The highest BCUT2D eigenvalue weighted by atomic mass is 32.1. The van der Waals surface area contributed by atoms with Crippen LogP contribution in [0.5, 0.6) is 11.5 Å². The van der Waals surface area contributed by atoms with Gasteiger partial charge in [0.15, 0.2) is 17.1 Å². The molecule has 1 N–H and O–H groups in total. The van der Waals surface area contributed by atoms with E-state index in [0.29, 0.717) is 24.3 Å². The molecule has 3 aromatic rings. The molecule has 4 rings (SSSR count). The Bertz CT molecular complexity index is 1160. The lowest BCUT2D eigenvalue weighted by Crippen LogP contribution is -2.51. The molecule has 8 heteroatoms. The average molecular weight is 483 g/mol. The normalized spacial score (nSPS) is 14.5. The Kier molecular flexibility index (Phi) is 6.53. The maximum absolute atomic E-state index is 13.5. The Balaban J connectivity index is 1.54. The van der Waals surface area contributed by atoms with Crippen molar-refractivity contribution in [3.63, 3.8) is 0 Å². The highest BCUT2D eigenvalue weighted by Crippen LogP contribution is 2.36. The van der Waals surface area contributed by atoms with Gasteiger partial charge >= 0.3 is 5.97 Å². The molecule has 1 aliphatic carbocycles. The fourth-order valence-corrected chi connectivity index (χ4v) is 5.16.